The van der Waals surface area contributed by atoms with Crippen LogP contribution in [0.3, 0.4) is 0 Å². The second-order valence-corrected chi connectivity index (χ2v) is 0. The van der Waals surface area contributed by atoms with Crippen LogP contribution in [0.15, 0.2) is 0 Å². The van der Waals surface area contributed by atoms with Crippen LogP contribution in [0.2, 0.25) is 0 Å². The van der Waals surface area contributed by atoms with Gasteiger partial charge in [0.2, 0.25) is 0 Å². The van der Waals surface area contributed by atoms with Gasteiger partial charge in [0, 0.05) is 32.7 Å². The summed E-state index contributed by atoms with van der Waals surface area (Å²) in [7, 11) is 0. The molecule has 1 nitrogen and oxygen atoms in total. The minimum Gasteiger partial charge on any atom is 0 e. The molecule has 0 bridgehead atoms. The van der Waals surface area contributed by atoms with Crippen molar-refractivity contribution < 1.29 is 53.8 Å². The smallest absolute Gasteiger partial charge is 0 e. The molecule has 4 heteroatoms. The molecule has 0 aromatic heterocycles. The molecule has 0 aliphatic rings. The van der Waals surface area contributed by atoms with Crippen molar-refractivity contribution in [2.75, 3.05) is 0 Å². The van der Waals surface area contributed by atoms with E-state index in [2.05, 4.69) is 0 Å². The summed E-state index contributed by atoms with van der Waals surface area (Å²) in [5.74, 6) is 0. The number of hydrogen-bond acceptors (Lipinski definition) is 1. The van der Waals surface area contributed by atoms with Gasteiger partial charge in [-0.1, -0.05) is 0 Å². The van der Waals surface area contributed by atoms with E-state index in [0.717, 1.165) is 17.4 Å². The topological polar surface area (TPSA) is 17.1 Å². The van der Waals surface area contributed by atoms with Crippen LogP contribution in [0.1, 0.15) is 0 Å². The molecule has 0 rings (SSSR count). The predicted molar refractivity (Wildman–Crippen MR) is 11.8 cm³/mol. The Bertz CT molecular complexity index is 8.00. The van der Waals surface area contributed by atoms with Gasteiger partial charge in [-0.3, -0.25) is 0 Å². The zero-order valence-corrected chi connectivity index (χ0v) is 7.79. The first-order valence-corrected chi connectivity index (χ1v) is 0.753. The first-order valence-electron chi connectivity index (χ1n) is 0.183. The van der Waals surface area contributed by atoms with Crippen LogP contribution in [0.4, 0.5) is 0 Å². The molecule has 0 heterocycles. The molecular weight excluding hydrogens is 187 g/mol. The van der Waals surface area contributed by atoms with Crippen LogP contribution < -0.4 is 0 Å². The van der Waals surface area contributed by atoms with E-state index in [1.54, 1.807) is 0 Å². The van der Waals surface area contributed by atoms with Crippen LogP contribution in [0, 0.1) is 0 Å². The van der Waals surface area contributed by atoms with E-state index in [-0.39, 0.29) is 42.6 Å². The maximum absolute atomic E-state index is 8.19. The Morgan fingerprint density at radius 3 is 1.25 bits per heavy atom. The standard InChI is InChI=1S/O.H3P.V.Y/h;1H3;;. The molecule has 4 heavy (non-hydrogen) atoms. The third kappa shape index (κ3) is 9.07. The summed E-state index contributed by atoms with van der Waals surface area (Å²) in [6, 6.07) is 0. The van der Waals surface area contributed by atoms with Crippen LogP contribution in [0.25, 0.3) is 0 Å². The molecule has 0 amide bonds. The molecule has 0 N–H and O–H groups in total. The van der Waals surface area contributed by atoms with Gasteiger partial charge in [-0.2, -0.15) is 9.90 Å². The SMILES string of the molecule is P.[O]=[V].[Y]. The Labute approximate surface area is 63.0 Å². The Hall–Kier alpha value is 1.92. The molecule has 0 aliphatic heterocycles. The molecule has 0 aliphatic carbocycles. The van der Waals surface area contributed by atoms with E-state index in [4.69, 9.17) is 3.67 Å². The average molecular weight is 190 g/mol. The molecule has 22 valence electrons. The monoisotopic (exact) mass is 190 g/mol. The molecule has 1 atom stereocenters. The summed E-state index contributed by atoms with van der Waals surface area (Å²) >= 11 is 1.06. The van der Waals surface area contributed by atoms with Crippen LogP contribution in [-0.4, -0.2) is 0 Å². The summed E-state index contributed by atoms with van der Waals surface area (Å²) in [6.45, 7) is 0. The summed E-state index contributed by atoms with van der Waals surface area (Å²) in [4.78, 5) is 0. The fourth-order valence-corrected chi connectivity index (χ4v) is 0. The summed E-state index contributed by atoms with van der Waals surface area (Å²) in [6.07, 6.45) is 0. The van der Waals surface area contributed by atoms with Crippen LogP contribution in [0.5, 0.6) is 0 Å². The largest absolute Gasteiger partial charge is 0 e. The molecule has 1 unspecified atom stereocenters. The van der Waals surface area contributed by atoms with Gasteiger partial charge in [0.25, 0.3) is 0 Å². The first-order chi connectivity index (χ1) is 1.00. The van der Waals surface area contributed by atoms with Crippen molar-refractivity contribution in [3.63, 3.8) is 0 Å². The second-order valence-electron chi connectivity index (χ2n) is 0. The first kappa shape index (κ1) is 16.8. The van der Waals surface area contributed by atoms with Gasteiger partial charge in [-0.05, 0) is 0 Å². The van der Waals surface area contributed by atoms with Gasteiger partial charge < -0.3 is 0 Å². The fourth-order valence-electron chi connectivity index (χ4n) is 0. The van der Waals surface area contributed by atoms with Gasteiger partial charge in [-0.25, -0.2) is 0 Å². The normalized spacial score (nSPS) is 0.750. The molecule has 1 radical (unpaired) electrons. The van der Waals surface area contributed by atoms with Crippen molar-refractivity contribution in [2.24, 2.45) is 0 Å². The van der Waals surface area contributed by atoms with Crippen molar-refractivity contribution in [1.29, 1.82) is 0 Å². The minimum absolute atomic E-state index is 0. The van der Waals surface area contributed by atoms with Crippen LogP contribution in [-0.2, 0) is 53.8 Å². The summed E-state index contributed by atoms with van der Waals surface area (Å²) in [5, 5.41) is 0. The fraction of sp³-hybridized carbons (Fsp3) is 0. The zero-order chi connectivity index (χ0) is 2.00. The zero-order valence-electron chi connectivity index (χ0n) is 2.14. The van der Waals surface area contributed by atoms with E-state index in [1.807, 2.05) is 0 Å². The minimum atomic E-state index is 0. The van der Waals surface area contributed by atoms with Gasteiger partial charge in [0.15, 0.2) is 0 Å². The quantitative estimate of drug-likeness (QED) is 0.488. The van der Waals surface area contributed by atoms with E-state index in [0.29, 0.717) is 0 Å². The van der Waals surface area contributed by atoms with Gasteiger partial charge in [0.05, 0.1) is 0 Å². The third-order valence-corrected chi connectivity index (χ3v) is 0. The molecule has 0 saturated carbocycles. The van der Waals surface area contributed by atoms with Gasteiger partial charge in [-0.15, -0.1) is 0 Å². The van der Waals surface area contributed by atoms with Crippen LogP contribution >= 0.6 is 9.90 Å². The van der Waals surface area contributed by atoms with Crippen molar-refractivity contribution in [3.05, 3.63) is 0 Å². The van der Waals surface area contributed by atoms with E-state index in [1.165, 1.54) is 0 Å². The predicted octanol–water partition coefficient (Wildman–Crippen LogP) is -0.0657. The second kappa shape index (κ2) is 20.5. The van der Waals surface area contributed by atoms with Gasteiger partial charge in [0.1, 0.15) is 0 Å². The van der Waals surface area contributed by atoms with Crippen molar-refractivity contribution >= 4 is 9.90 Å². The molecule has 0 saturated heterocycles. The Morgan fingerprint density at radius 2 is 1.25 bits per heavy atom. The molecule has 0 spiro atoms. The van der Waals surface area contributed by atoms with Crippen molar-refractivity contribution in [1.82, 2.24) is 0 Å². The maximum atomic E-state index is 8.19. The molecule has 0 aromatic rings. The van der Waals surface area contributed by atoms with E-state index in [9.17, 15) is 0 Å². The van der Waals surface area contributed by atoms with E-state index >= 15 is 0 Å². The average Bonchev–Trinajstić information content (AvgIpc) is 1.00. The summed E-state index contributed by atoms with van der Waals surface area (Å²) < 4.78 is 8.19. The molecule has 0 fully saturated rings. The maximum Gasteiger partial charge on any atom is 0 e. The van der Waals surface area contributed by atoms with Crippen molar-refractivity contribution in [3.8, 4) is 0 Å². The third-order valence-electron chi connectivity index (χ3n) is 0. The Kier molecular flexibility index (Phi) is 86.2. The number of rotatable bonds is 0. The van der Waals surface area contributed by atoms with Crippen molar-refractivity contribution in [2.45, 2.75) is 0 Å². The Morgan fingerprint density at radius 1 is 1.25 bits per heavy atom. The Balaban J connectivity index is -0.00000000500. The van der Waals surface area contributed by atoms with E-state index < -0.39 is 0 Å². The molecular formula is H3OPVY. The van der Waals surface area contributed by atoms with Gasteiger partial charge >= 0.3 is 21.0 Å². The summed E-state index contributed by atoms with van der Waals surface area (Å²) in [5.41, 5.74) is 0. The molecule has 0 aromatic carbocycles. The number of hydrogen-bond donors (Lipinski definition) is 0.